The van der Waals surface area contributed by atoms with Gasteiger partial charge in [0.05, 0.1) is 18.1 Å². The molecule has 1 heterocycles. The average molecular weight is 330 g/mol. The number of alkyl halides is 1. The molecular weight excluding hydrogens is 303 g/mol. The van der Waals surface area contributed by atoms with Crippen molar-refractivity contribution in [1.29, 1.82) is 0 Å². The van der Waals surface area contributed by atoms with Crippen LogP contribution >= 0.6 is 0 Å². The topological polar surface area (TPSA) is 56.0 Å². The number of carbonyl (C=O) groups is 1. The fourth-order valence-corrected chi connectivity index (χ4v) is 2.19. The Morgan fingerprint density at radius 3 is 2.62 bits per heavy atom. The monoisotopic (exact) mass is 330 g/mol. The van der Waals surface area contributed by atoms with E-state index in [1.165, 1.54) is 0 Å². The van der Waals surface area contributed by atoms with Crippen molar-refractivity contribution in [2.45, 2.75) is 45.4 Å². The molecule has 0 aromatic carbocycles. The van der Waals surface area contributed by atoms with Crippen molar-refractivity contribution in [3.63, 3.8) is 0 Å². The van der Waals surface area contributed by atoms with Crippen molar-refractivity contribution in [2.24, 2.45) is 0 Å². The van der Waals surface area contributed by atoms with Crippen molar-refractivity contribution in [2.75, 3.05) is 12.4 Å². The highest BCUT2D eigenvalue weighted by molar-refractivity contribution is 6.19. The van der Waals surface area contributed by atoms with E-state index in [1.807, 2.05) is 6.92 Å². The van der Waals surface area contributed by atoms with E-state index in [-0.39, 0.29) is 12.5 Å². The Labute approximate surface area is 144 Å². The Morgan fingerprint density at radius 2 is 1.96 bits per heavy atom. The number of nitrogen functional groups attached to an aromatic ring is 1. The third-order valence-corrected chi connectivity index (χ3v) is 3.87. The molecule has 0 atom stereocenters. The van der Waals surface area contributed by atoms with Gasteiger partial charge in [-0.15, -0.1) is 0 Å². The number of unbranched alkanes of at least 4 members (excludes halogenated alkanes) is 1. The van der Waals surface area contributed by atoms with Gasteiger partial charge in [-0.2, -0.15) is 0 Å². The van der Waals surface area contributed by atoms with Crippen molar-refractivity contribution in [3.8, 4) is 0 Å². The van der Waals surface area contributed by atoms with E-state index in [2.05, 4.69) is 30.3 Å². The second kappa shape index (κ2) is 10.5. The maximum atomic E-state index is 12.2. The first kappa shape index (κ1) is 19.8. The van der Waals surface area contributed by atoms with Crippen LogP contribution in [0.4, 0.5) is 10.1 Å². The minimum atomic E-state index is -0.337. The number of pyridine rings is 1. The molecule has 0 saturated heterocycles. The van der Waals surface area contributed by atoms with Gasteiger partial charge in [-0.25, -0.2) is 0 Å². The summed E-state index contributed by atoms with van der Waals surface area (Å²) < 4.78 is 12.1. The van der Waals surface area contributed by atoms with Crippen LogP contribution in [-0.4, -0.2) is 17.4 Å². The first-order valence-electron chi connectivity index (χ1n) is 8.28. The second-order valence-electron chi connectivity index (χ2n) is 5.89. The molecule has 0 fully saturated rings. The Balaban J connectivity index is 2.29. The van der Waals surface area contributed by atoms with Gasteiger partial charge in [0.2, 0.25) is 0 Å². The van der Waals surface area contributed by atoms with Gasteiger partial charge in [0.15, 0.2) is 5.78 Å². The van der Waals surface area contributed by atoms with E-state index in [9.17, 15) is 9.18 Å². The van der Waals surface area contributed by atoms with Crippen LogP contribution in [0.5, 0.6) is 0 Å². The molecule has 0 aliphatic rings. The average Bonchev–Trinajstić information content (AvgIpc) is 2.55. The number of nitrogens with zero attached hydrogens (tertiary/aromatic N) is 1. The zero-order valence-electron chi connectivity index (χ0n) is 14.5. The lowest BCUT2D eigenvalue weighted by atomic mass is 10.0. The molecule has 0 unspecified atom stereocenters. The normalized spacial score (nSPS) is 10.9. The molecule has 4 heteroatoms. The molecule has 1 aromatic heterocycles. The third-order valence-electron chi connectivity index (χ3n) is 3.87. The quantitative estimate of drug-likeness (QED) is 0.354. The number of Topliss-reactive ketones (excluding diaryl/α,β-unsaturated/α-hetero) is 1. The number of anilines is 1. The van der Waals surface area contributed by atoms with Crippen LogP contribution in [0.25, 0.3) is 5.57 Å². The van der Waals surface area contributed by atoms with Crippen LogP contribution in [0.15, 0.2) is 43.1 Å². The molecule has 3 nitrogen and oxygen atoms in total. The highest BCUT2D eigenvalue weighted by atomic mass is 19.1. The first-order valence-corrected chi connectivity index (χ1v) is 8.28. The first-order chi connectivity index (χ1) is 11.5. The number of rotatable bonds is 11. The standard InChI is InChI=1S/C20H27FN2O/c1-15(11-12-21)9-7-5-4-6-8-10-20(24)16(2)18-13-19(22)17(3)23-14-18/h4-5,13-14H,1-2,6-12,22H2,3H3/b5-4+. The number of aryl methyl sites for hydroxylation is 1. The van der Waals surface area contributed by atoms with Crippen molar-refractivity contribution in [1.82, 2.24) is 4.98 Å². The Kier molecular flexibility index (Phi) is 8.69. The second-order valence-corrected chi connectivity index (χ2v) is 5.89. The largest absolute Gasteiger partial charge is 0.397 e. The number of aromatic nitrogens is 1. The number of nitrogens with two attached hydrogens (primary N) is 1. The van der Waals surface area contributed by atoms with Gasteiger partial charge in [-0.1, -0.05) is 30.9 Å². The zero-order valence-corrected chi connectivity index (χ0v) is 14.5. The van der Waals surface area contributed by atoms with Gasteiger partial charge in [0.25, 0.3) is 0 Å². The number of halogens is 1. The lowest BCUT2D eigenvalue weighted by Gasteiger charge is -2.06. The highest BCUT2D eigenvalue weighted by Crippen LogP contribution is 2.19. The fraction of sp³-hybridized carbons (Fsp3) is 0.400. The molecule has 1 rings (SSSR count). The molecular formula is C20H27FN2O. The Morgan fingerprint density at radius 1 is 1.25 bits per heavy atom. The van der Waals surface area contributed by atoms with Crippen molar-refractivity contribution in [3.05, 3.63) is 54.4 Å². The van der Waals surface area contributed by atoms with Crippen molar-refractivity contribution >= 4 is 17.0 Å². The lowest BCUT2D eigenvalue weighted by molar-refractivity contribution is -0.113. The van der Waals surface area contributed by atoms with Crippen LogP contribution in [0.3, 0.4) is 0 Å². The summed E-state index contributed by atoms with van der Waals surface area (Å²) in [6.45, 7) is 9.16. The fourth-order valence-electron chi connectivity index (χ4n) is 2.19. The Bertz CT molecular complexity index is 620. The maximum Gasteiger partial charge on any atom is 0.162 e. The SMILES string of the molecule is C=C(CCF)CC/C=C/CCCC(=O)C(=C)c1cnc(C)c(N)c1. The van der Waals surface area contributed by atoms with Gasteiger partial charge in [0.1, 0.15) is 0 Å². The van der Waals surface area contributed by atoms with Gasteiger partial charge in [-0.3, -0.25) is 14.2 Å². The summed E-state index contributed by atoms with van der Waals surface area (Å²) in [7, 11) is 0. The predicted octanol–water partition coefficient (Wildman–Crippen LogP) is 4.98. The summed E-state index contributed by atoms with van der Waals surface area (Å²) in [6, 6.07) is 1.74. The molecule has 0 spiro atoms. The molecule has 24 heavy (non-hydrogen) atoms. The van der Waals surface area contributed by atoms with Crippen LogP contribution in [0, 0.1) is 6.92 Å². The minimum absolute atomic E-state index is 0.0183. The smallest absolute Gasteiger partial charge is 0.162 e. The molecule has 0 saturated carbocycles. The lowest BCUT2D eigenvalue weighted by Crippen LogP contribution is -2.03. The molecule has 0 amide bonds. The summed E-state index contributed by atoms with van der Waals surface area (Å²) in [5.41, 5.74) is 9.22. The van der Waals surface area contributed by atoms with Crippen LogP contribution in [0.1, 0.15) is 49.8 Å². The van der Waals surface area contributed by atoms with Crippen molar-refractivity contribution < 1.29 is 9.18 Å². The third kappa shape index (κ3) is 6.90. The molecule has 2 N–H and O–H groups in total. The summed E-state index contributed by atoms with van der Waals surface area (Å²) >= 11 is 0. The summed E-state index contributed by atoms with van der Waals surface area (Å²) in [4.78, 5) is 16.3. The van der Waals surface area contributed by atoms with Gasteiger partial charge in [0, 0.05) is 23.8 Å². The molecule has 0 aliphatic heterocycles. The van der Waals surface area contributed by atoms with Gasteiger partial charge < -0.3 is 5.73 Å². The number of hydrogen-bond acceptors (Lipinski definition) is 3. The maximum absolute atomic E-state index is 12.2. The zero-order chi connectivity index (χ0) is 17.9. The Hall–Kier alpha value is -2.23. The van der Waals surface area contributed by atoms with Crippen LogP contribution in [0.2, 0.25) is 0 Å². The molecule has 0 bridgehead atoms. The van der Waals surface area contributed by atoms with E-state index in [4.69, 9.17) is 5.73 Å². The summed E-state index contributed by atoms with van der Waals surface area (Å²) in [5.74, 6) is 0.0183. The summed E-state index contributed by atoms with van der Waals surface area (Å²) in [5, 5.41) is 0. The molecule has 0 aliphatic carbocycles. The van der Waals surface area contributed by atoms with E-state index >= 15 is 0 Å². The highest BCUT2D eigenvalue weighted by Gasteiger charge is 2.10. The number of carbonyl (C=O) groups excluding carboxylic acids is 1. The number of allylic oxidation sites excluding steroid dienone is 4. The molecule has 1 aromatic rings. The van der Waals surface area contributed by atoms with Gasteiger partial charge in [-0.05, 0) is 45.1 Å². The molecule has 130 valence electrons. The predicted molar refractivity (Wildman–Crippen MR) is 99.4 cm³/mol. The molecule has 0 radical (unpaired) electrons. The minimum Gasteiger partial charge on any atom is -0.397 e. The van der Waals surface area contributed by atoms with Gasteiger partial charge >= 0.3 is 0 Å². The van der Waals surface area contributed by atoms with Crippen LogP contribution < -0.4 is 5.73 Å². The van der Waals surface area contributed by atoms with Crippen LogP contribution in [-0.2, 0) is 4.79 Å². The van der Waals surface area contributed by atoms with E-state index < -0.39 is 0 Å². The number of hydrogen-bond donors (Lipinski definition) is 1. The van der Waals surface area contributed by atoms with E-state index in [0.29, 0.717) is 29.7 Å². The summed E-state index contributed by atoms with van der Waals surface area (Å²) in [6.07, 6.45) is 9.95. The number of ketones is 1. The van der Waals surface area contributed by atoms with E-state index in [0.717, 1.165) is 37.0 Å². The van der Waals surface area contributed by atoms with E-state index in [1.54, 1.807) is 12.3 Å².